The molecule has 0 saturated carbocycles. The van der Waals surface area contributed by atoms with E-state index in [2.05, 4.69) is 311 Å². The Hall–Kier alpha value is -9.11. The van der Waals surface area contributed by atoms with E-state index in [0.29, 0.717) is 5.56 Å². The molecule has 0 aliphatic rings. The Balaban J connectivity index is 1.35. The van der Waals surface area contributed by atoms with E-state index in [-0.39, 0.29) is 21.7 Å². The molecule has 0 amide bonds. The number of fused-ring (bicyclic) bond motifs is 12. The molecule has 426 valence electrons. The second kappa shape index (κ2) is 18.9. The molecule has 14 rings (SSSR count). The standard InChI is InChI=1S/C81H77N5/c1-47-22-30-65-56(38-47)57-39-48(2)23-31-66(57)85(65)76-73(51-20-18-17-19-21-51)77(86-67-32-24-49(3)40-58(67)59-41-50(4)25-33-68(59)86)75(84-71-36-28-54(80(11,12)13)44-62(71)63-45-55(81(14,15)16)29-37-72(63)84)64(46-82)74(76)83-69-34-26-52(78(5,6)7)42-60(69)61-43-53(79(8,9)10)27-35-70(61)83/h17-45H,1-16H3. The van der Waals surface area contributed by atoms with Crippen LogP contribution in [0.4, 0.5) is 0 Å². The van der Waals surface area contributed by atoms with Gasteiger partial charge in [-0.25, -0.2) is 0 Å². The zero-order valence-electron chi connectivity index (χ0n) is 53.0. The first-order valence-electron chi connectivity index (χ1n) is 30.7. The lowest BCUT2D eigenvalue weighted by molar-refractivity contribution is 0.590. The summed E-state index contributed by atoms with van der Waals surface area (Å²) >= 11 is 0. The van der Waals surface area contributed by atoms with Crippen LogP contribution in [0.3, 0.4) is 0 Å². The Bertz CT molecular complexity index is 4680. The first-order chi connectivity index (χ1) is 40.8. The first-order valence-corrected chi connectivity index (χ1v) is 30.7. The molecule has 4 aromatic heterocycles. The zero-order valence-corrected chi connectivity index (χ0v) is 53.0. The molecule has 0 N–H and O–H groups in total. The minimum absolute atomic E-state index is 0.128. The summed E-state index contributed by atoms with van der Waals surface area (Å²) in [4.78, 5) is 0. The van der Waals surface area contributed by atoms with Gasteiger partial charge in [0.15, 0.2) is 0 Å². The van der Waals surface area contributed by atoms with Crippen molar-refractivity contribution in [2.24, 2.45) is 0 Å². The molecule has 0 saturated heterocycles. The maximum atomic E-state index is 13.3. The van der Waals surface area contributed by atoms with Crippen LogP contribution >= 0.6 is 0 Å². The van der Waals surface area contributed by atoms with E-state index < -0.39 is 0 Å². The number of benzene rings is 10. The van der Waals surface area contributed by atoms with Gasteiger partial charge in [0.2, 0.25) is 0 Å². The van der Waals surface area contributed by atoms with Gasteiger partial charge in [0.25, 0.3) is 0 Å². The van der Waals surface area contributed by atoms with Crippen LogP contribution in [-0.4, -0.2) is 18.3 Å². The first kappa shape index (κ1) is 54.8. The maximum Gasteiger partial charge on any atom is 0.104 e. The van der Waals surface area contributed by atoms with Crippen molar-refractivity contribution in [1.82, 2.24) is 18.3 Å². The molecular weight excluding hydrogens is 1040 g/mol. The van der Waals surface area contributed by atoms with Gasteiger partial charge in [-0.15, -0.1) is 0 Å². The third-order valence-corrected chi connectivity index (χ3v) is 18.6. The van der Waals surface area contributed by atoms with Crippen molar-refractivity contribution in [1.29, 1.82) is 5.26 Å². The molecule has 0 unspecified atom stereocenters. The summed E-state index contributed by atoms with van der Waals surface area (Å²) in [6.45, 7) is 36.5. The molecule has 14 aromatic rings. The number of nitriles is 1. The minimum atomic E-state index is -0.128. The van der Waals surface area contributed by atoms with Crippen molar-refractivity contribution < 1.29 is 0 Å². The fraction of sp³-hybridized carbons (Fsp3) is 0.247. The third kappa shape index (κ3) is 8.38. The topological polar surface area (TPSA) is 43.5 Å². The molecule has 10 aromatic carbocycles. The van der Waals surface area contributed by atoms with E-state index in [1.807, 2.05) is 0 Å². The summed E-state index contributed by atoms with van der Waals surface area (Å²) in [5.41, 5.74) is 23.8. The molecule has 0 atom stereocenters. The van der Waals surface area contributed by atoms with Gasteiger partial charge in [0.1, 0.15) is 11.6 Å². The second-order valence-corrected chi connectivity index (χ2v) is 29.0. The lowest BCUT2D eigenvalue weighted by Gasteiger charge is -2.29. The summed E-state index contributed by atoms with van der Waals surface area (Å²) < 4.78 is 10.0. The average molecular weight is 1120 g/mol. The lowest BCUT2D eigenvalue weighted by Crippen LogP contribution is -2.16. The summed E-state index contributed by atoms with van der Waals surface area (Å²) in [5.74, 6) is 0. The monoisotopic (exact) mass is 1120 g/mol. The van der Waals surface area contributed by atoms with Gasteiger partial charge in [-0.2, -0.15) is 5.26 Å². The van der Waals surface area contributed by atoms with Crippen molar-refractivity contribution in [2.75, 3.05) is 0 Å². The van der Waals surface area contributed by atoms with E-state index in [0.717, 1.165) is 99.6 Å². The van der Waals surface area contributed by atoms with Gasteiger partial charge in [-0.3, -0.25) is 0 Å². The molecular formula is C81H77N5. The van der Waals surface area contributed by atoms with E-state index in [1.165, 1.54) is 66.1 Å². The highest BCUT2D eigenvalue weighted by molar-refractivity contribution is 6.17. The highest BCUT2D eigenvalue weighted by atomic mass is 15.1. The third-order valence-electron chi connectivity index (χ3n) is 18.6. The van der Waals surface area contributed by atoms with Crippen molar-refractivity contribution in [3.63, 3.8) is 0 Å². The van der Waals surface area contributed by atoms with Crippen LogP contribution in [0.15, 0.2) is 176 Å². The van der Waals surface area contributed by atoms with Crippen LogP contribution in [0.5, 0.6) is 0 Å². The molecule has 4 heterocycles. The summed E-state index contributed by atoms with van der Waals surface area (Å²) in [5, 5.41) is 22.6. The highest BCUT2D eigenvalue weighted by Crippen LogP contribution is 2.53. The second-order valence-electron chi connectivity index (χ2n) is 29.0. The van der Waals surface area contributed by atoms with Crippen molar-refractivity contribution in [2.45, 2.75) is 132 Å². The van der Waals surface area contributed by atoms with Crippen molar-refractivity contribution >= 4 is 87.2 Å². The Morgan fingerprint density at radius 1 is 0.279 bits per heavy atom. The number of aryl methyl sites for hydroxylation is 4. The van der Waals surface area contributed by atoms with Crippen molar-refractivity contribution in [3.8, 4) is 39.9 Å². The van der Waals surface area contributed by atoms with Gasteiger partial charge >= 0.3 is 0 Å². The number of rotatable bonds is 5. The smallest absolute Gasteiger partial charge is 0.104 e. The van der Waals surface area contributed by atoms with Crippen molar-refractivity contribution in [3.05, 3.63) is 226 Å². The lowest BCUT2D eigenvalue weighted by atomic mass is 9.85. The van der Waals surface area contributed by atoms with Gasteiger partial charge in [0, 0.05) is 48.7 Å². The van der Waals surface area contributed by atoms with Crippen LogP contribution in [0, 0.1) is 39.0 Å². The normalized spacial score (nSPS) is 12.9. The van der Waals surface area contributed by atoms with E-state index in [1.54, 1.807) is 0 Å². The molecule has 0 aliphatic carbocycles. The van der Waals surface area contributed by atoms with Gasteiger partial charge in [0.05, 0.1) is 66.9 Å². The highest BCUT2D eigenvalue weighted by Gasteiger charge is 2.36. The number of hydrogen-bond acceptors (Lipinski definition) is 1. The fourth-order valence-electron chi connectivity index (χ4n) is 13.9. The molecule has 0 spiro atoms. The predicted molar refractivity (Wildman–Crippen MR) is 368 cm³/mol. The molecule has 0 fully saturated rings. The van der Waals surface area contributed by atoms with E-state index in [9.17, 15) is 5.26 Å². The minimum Gasteiger partial charge on any atom is -0.306 e. The maximum absolute atomic E-state index is 13.3. The van der Waals surface area contributed by atoms with Crippen LogP contribution < -0.4 is 0 Å². The number of aromatic nitrogens is 4. The fourth-order valence-corrected chi connectivity index (χ4v) is 13.9. The number of hydrogen-bond donors (Lipinski definition) is 0. The summed E-state index contributed by atoms with van der Waals surface area (Å²) in [7, 11) is 0. The molecule has 5 heteroatoms. The molecule has 0 aliphatic heterocycles. The zero-order chi connectivity index (χ0) is 60.4. The largest absolute Gasteiger partial charge is 0.306 e. The van der Waals surface area contributed by atoms with Crippen LogP contribution in [0.1, 0.15) is 133 Å². The van der Waals surface area contributed by atoms with Gasteiger partial charge in [-0.1, -0.05) is 184 Å². The van der Waals surface area contributed by atoms with E-state index in [4.69, 9.17) is 0 Å². The Labute approximate surface area is 506 Å². The number of nitrogens with zero attached hydrogens (tertiary/aromatic N) is 5. The quantitative estimate of drug-likeness (QED) is 0.169. The molecule has 0 radical (unpaired) electrons. The summed E-state index contributed by atoms with van der Waals surface area (Å²) in [6.07, 6.45) is 0. The van der Waals surface area contributed by atoms with Gasteiger partial charge < -0.3 is 18.3 Å². The summed E-state index contributed by atoms with van der Waals surface area (Å²) in [6, 6.07) is 70.3. The van der Waals surface area contributed by atoms with E-state index >= 15 is 0 Å². The van der Waals surface area contributed by atoms with Gasteiger partial charge in [-0.05, 0) is 174 Å². The predicted octanol–water partition coefficient (Wildman–Crippen LogP) is 22.0. The van der Waals surface area contributed by atoms with Crippen LogP contribution in [0.2, 0.25) is 0 Å². The molecule has 5 nitrogen and oxygen atoms in total. The Morgan fingerprint density at radius 3 is 0.756 bits per heavy atom. The average Bonchev–Trinajstić information content (AvgIpc) is 1.44. The SMILES string of the molecule is Cc1ccc2c(c1)c1cc(C)ccc1n2-c1c(-c2ccccc2)c(-n2c3ccc(C)cc3c3cc(C)ccc32)c(-n2c3ccc(C(C)(C)C)cc3c3cc(C(C)(C)C)ccc32)c(C#N)c1-n1c2ccc(C(C)(C)C)cc2c2cc(C(C)(C)C)ccc21. The Morgan fingerprint density at radius 2 is 0.512 bits per heavy atom. The van der Waals surface area contributed by atoms with Crippen LogP contribution in [0.25, 0.3) is 121 Å². The van der Waals surface area contributed by atoms with Crippen LogP contribution in [-0.2, 0) is 21.7 Å². The Kier molecular flexibility index (Phi) is 12.1. The molecule has 0 bridgehead atoms. The molecule has 86 heavy (non-hydrogen) atoms.